The fourth-order valence-corrected chi connectivity index (χ4v) is 11.3. The van der Waals surface area contributed by atoms with Gasteiger partial charge in [0.2, 0.25) is 0 Å². The van der Waals surface area contributed by atoms with Gasteiger partial charge in [-0.15, -0.1) is 0 Å². The first-order valence-corrected chi connectivity index (χ1v) is 19.7. The summed E-state index contributed by atoms with van der Waals surface area (Å²) in [5.41, 5.74) is 0. The largest absolute Gasteiger partial charge is 0.481 e. The third-order valence-electron chi connectivity index (χ3n) is 14.9. The summed E-state index contributed by atoms with van der Waals surface area (Å²) >= 11 is 0. The van der Waals surface area contributed by atoms with Crippen molar-refractivity contribution in [1.82, 2.24) is 0 Å². The highest BCUT2D eigenvalue weighted by Gasteiger charge is 2.64. The number of esters is 5. The number of aliphatic carboxylic acids is 2. The average molecular weight is 747 g/mol. The summed E-state index contributed by atoms with van der Waals surface area (Å²) in [5.74, 6) is 3.02. The highest BCUT2D eigenvalue weighted by Crippen LogP contribution is 2.60. The molecule has 16 unspecified atom stereocenters. The Labute approximate surface area is 311 Å². The van der Waals surface area contributed by atoms with Crippen LogP contribution in [-0.4, -0.2) is 71.8 Å². The Morgan fingerprint density at radius 2 is 0.943 bits per heavy atom. The number of carboxylic acids is 2. The lowest BCUT2D eigenvalue weighted by atomic mass is 9.70. The number of carboxylic acid groups (broad SMARTS) is 2. The Hall–Kier alpha value is -3.51. The molecule has 13 nitrogen and oxygen atoms in total. The molecule has 2 N–H and O–H groups in total. The number of fused-ring (bicyclic) bond motifs is 9. The van der Waals surface area contributed by atoms with Gasteiger partial charge in [0.05, 0.1) is 42.9 Å². The molecule has 1 heterocycles. The molecule has 296 valence electrons. The molecule has 0 spiro atoms. The number of carbonyl (C=O) groups is 7. The van der Waals surface area contributed by atoms with Crippen molar-refractivity contribution >= 4 is 41.8 Å². The Kier molecular flexibility index (Phi) is 13.0. The number of carbonyl (C=O) groups excluding carboxylic acids is 5. The predicted octanol–water partition coefficient (Wildman–Crippen LogP) is 5.02. The van der Waals surface area contributed by atoms with E-state index in [1.807, 2.05) is 0 Å². The highest BCUT2D eigenvalue weighted by molar-refractivity contribution is 5.97. The van der Waals surface area contributed by atoms with Gasteiger partial charge < -0.3 is 29.2 Å². The molecule has 53 heavy (non-hydrogen) atoms. The fraction of sp³-hybridized carbons (Fsp3) is 0.825. The molecule has 16 atom stereocenters. The fourth-order valence-electron chi connectivity index (χ4n) is 11.3. The van der Waals surface area contributed by atoms with Gasteiger partial charge >= 0.3 is 41.8 Å². The molecule has 0 aromatic carbocycles. The van der Waals surface area contributed by atoms with Crippen molar-refractivity contribution in [2.75, 3.05) is 19.8 Å². The van der Waals surface area contributed by atoms with Crippen molar-refractivity contribution in [3.63, 3.8) is 0 Å². The van der Waals surface area contributed by atoms with Crippen molar-refractivity contribution in [2.24, 2.45) is 94.7 Å². The first kappa shape index (κ1) is 40.7. The quantitative estimate of drug-likeness (QED) is 0.124. The van der Waals surface area contributed by atoms with E-state index >= 15 is 0 Å². The molecule has 1 aliphatic heterocycles. The normalized spacial score (nSPS) is 40.7. The van der Waals surface area contributed by atoms with Crippen LogP contribution in [0.3, 0.4) is 0 Å². The number of hydrogen-bond donors (Lipinski definition) is 2. The third-order valence-corrected chi connectivity index (χ3v) is 14.9. The van der Waals surface area contributed by atoms with Crippen LogP contribution in [0, 0.1) is 94.7 Å². The van der Waals surface area contributed by atoms with Gasteiger partial charge in [-0.25, -0.2) is 0 Å². The second-order valence-corrected chi connectivity index (χ2v) is 17.1. The molecular weight excluding hydrogens is 688 g/mol. The average Bonchev–Trinajstić information content (AvgIpc) is 3.97. The molecule has 6 saturated carbocycles. The molecule has 1 saturated heterocycles. The second-order valence-electron chi connectivity index (χ2n) is 17.1. The van der Waals surface area contributed by atoms with Crippen LogP contribution in [0.15, 0.2) is 0 Å². The molecule has 0 radical (unpaired) electrons. The maximum absolute atomic E-state index is 12.1. The van der Waals surface area contributed by atoms with E-state index in [4.69, 9.17) is 29.2 Å². The van der Waals surface area contributed by atoms with Crippen LogP contribution in [0.25, 0.3) is 0 Å². The van der Waals surface area contributed by atoms with Crippen LogP contribution < -0.4 is 0 Å². The predicted molar refractivity (Wildman–Crippen MR) is 186 cm³/mol. The van der Waals surface area contributed by atoms with Gasteiger partial charge in [-0.05, 0) is 103 Å². The van der Waals surface area contributed by atoms with Crippen molar-refractivity contribution in [1.29, 1.82) is 0 Å². The minimum atomic E-state index is -1.04. The summed E-state index contributed by atoms with van der Waals surface area (Å²) in [7, 11) is 0. The van der Waals surface area contributed by atoms with E-state index in [1.165, 1.54) is 0 Å². The zero-order chi connectivity index (χ0) is 38.9. The molecule has 0 aromatic rings. The Balaban J connectivity index is 0.000000157. The molecule has 13 heteroatoms. The van der Waals surface area contributed by atoms with Crippen LogP contribution in [0.2, 0.25) is 0 Å². The summed E-state index contributed by atoms with van der Waals surface area (Å²) in [5, 5.41) is 16.9. The molecule has 0 aromatic heterocycles. The first-order chi connectivity index (χ1) is 25.0. The molecule has 6 bridgehead atoms. The Bertz CT molecular complexity index is 1390. The zero-order valence-electron chi connectivity index (χ0n) is 31.9. The molecule has 6 aliphatic carbocycles. The minimum Gasteiger partial charge on any atom is -0.481 e. The summed E-state index contributed by atoms with van der Waals surface area (Å²) in [6, 6.07) is 0. The number of ether oxygens (including phenoxy) is 4. The lowest BCUT2D eigenvalue weighted by Gasteiger charge is -2.30. The highest BCUT2D eigenvalue weighted by atomic mass is 16.6. The van der Waals surface area contributed by atoms with Crippen molar-refractivity contribution < 1.29 is 62.7 Å². The zero-order valence-corrected chi connectivity index (χ0v) is 31.9. The lowest BCUT2D eigenvalue weighted by Crippen LogP contribution is -2.34. The van der Waals surface area contributed by atoms with E-state index in [0.717, 1.165) is 32.1 Å². The van der Waals surface area contributed by atoms with Crippen LogP contribution in [-0.2, 0) is 52.5 Å². The Morgan fingerprint density at radius 3 is 1.36 bits per heavy atom. The maximum atomic E-state index is 12.1. The molecule has 7 fully saturated rings. The molecular formula is C40H58O13. The van der Waals surface area contributed by atoms with Crippen LogP contribution in [0.4, 0.5) is 0 Å². The maximum Gasteiger partial charge on any atom is 0.317 e. The second kappa shape index (κ2) is 16.9. The first-order valence-electron chi connectivity index (χ1n) is 19.7. The van der Waals surface area contributed by atoms with Crippen LogP contribution >= 0.6 is 0 Å². The number of hydrogen-bond acceptors (Lipinski definition) is 11. The van der Waals surface area contributed by atoms with Crippen molar-refractivity contribution in [2.45, 2.75) is 92.9 Å². The van der Waals surface area contributed by atoms with Gasteiger partial charge in [0.1, 0.15) is 19.8 Å². The molecule has 7 rings (SSSR count). The van der Waals surface area contributed by atoms with E-state index in [1.54, 1.807) is 0 Å². The Morgan fingerprint density at radius 1 is 0.528 bits per heavy atom. The monoisotopic (exact) mass is 746 g/mol. The summed E-state index contributed by atoms with van der Waals surface area (Å²) < 4.78 is 19.8. The molecule has 0 amide bonds. The smallest absolute Gasteiger partial charge is 0.317 e. The van der Waals surface area contributed by atoms with E-state index in [9.17, 15) is 33.6 Å². The lowest BCUT2D eigenvalue weighted by molar-refractivity contribution is -0.157. The minimum absolute atomic E-state index is 0.00594. The third kappa shape index (κ3) is 8.58. The SMILES string of the molecule is CC1C(C)C2CC1C1C(=O)OC(=O)C21.CC1C2CC(C(=O)OCCC(=O)O)C(C2)C1C.CC1C2CC(C(=O)OCCOC(=O)CCC(=O)O)C(C2)C1C. The summed E-state index contributed by atoms with van der Waals surface area (Å²) in [4.78, 5) is 78.7. The molecule has 7 aliphatic rings. The van der Waals surface area contributed by atoms with Crippen LogP contribution in [0.5, 0.6) is 0 Å². The number of rotatable bonds is 11. The summed E-state index contributed by atoms with van der Waals surface area (Å²) in [6.07, 6.45) is 4.64. The topological polar surface area (TPSA) is 197 Å². The van der Waals surface area contributed by atoms with Gasteiger partial charge in [-0.2, -0.15) is 0 Å². The van der Waals surface area contributed by atoms with Crippen molar-refractivity contribution in [3.8, 4) is 0 Å². The van der Waals surface area contributed by atoms with Gasteiger partial charge in [0, 0.05) is 0 Å². The van der Waals surface area contributed by atoms with Gasteiger partial charge in [0.25, 0.3) is 0 Å². The van der Waals surface area contributed by atoms with Gasteiger partial charge in [0.15, 0.2) is 0 Å². The van der Waals surface area contributed by atoms with E-state index < -0.39 is 17.9 Å². The van der Waals surface area contributed by atoms with E-state index in [2.05, 4.69) is 41.5 Å². The van der Waals surface area contributed by atoms with E-state index in [-0.39, 0.29) is 86.6 Å². The number of cyclic esters (lactones) is 2. The van der Waals surface area contributed by atoms with Gasteiger partial charge in [-0.3, -0.25) is 33.6 Å². The van der Waals surface area contributed by atoms with Gasteiger partial charge in [-0.1, -0.05) is 41.5 Å². The van der Waals surface area contributed by atoms with E-state index in [0.29, 0.717) is 71.0 Å². The summed E-state index contributed by atoms with van der Waals surface area (Å²) in [6.45, 7) is 13.4. The standard InChI is InChI=1S/C16H24O6.C13H20O4.C11H14O3/c1-9-10(2)12-7-11(9)8-13(12)16(20)22-6-5-21-15(19)4-3-14(17)18;1-7-8(2)10-5-9(7)6-11(10)13(16)17-4-3-12(14)15;1-4-5(2)7-3-6(4)8-9(7)11(13)14-10(8)12/h9-13H,3-8H2,1-2H3,(H,17,18);7-11H,3-6H2,1-2H3,(H,14,15);4-9H,3H2,1-2H3. The van der Waals surface area contributed by atoms with Crippen molar-refractivity contribution in [3.05, 3.63) is 0 Å². The van der Waals surface area contributed by atoms with Crippen LogP contribution in [0.1, 0.15) is 92.9 Å².